The number of esters is 1. The van der Waals surface area contributed by atoms with E-state index in [1.165, 1.54) is 0 Å². The smallest absolute Gasteiger partial charge is 0.308 e. The van der Waals surface area contributed by atoms with Gasteiger partial charge in [-0.25, -0.2) is 0 Å². The fourth-order valence-corrected chi connectivity index (χ4v) is 2.59. The number of ether oxygens (including phenoxy) is 1. The number of rotatable bonds is 7. The van der Waals surface area contributed by atoms with Crippen molar-refractivity contribution in [3.63, 3.8) is 0 Å². The number of likely N-dealkylation sites (N-methyl/N-ethyl adjacent to an activating group) is 1. The Kier molecular flexibility index (Phi) is 6.05. The maximum Gasteiger partial charge on any atom is 0.308 e. The van der Waals surface area contributed by atoms with E-state index in [1.54, 1.807) is 6.92 Å². The second-order valence-corrected chi connectivity index (χ2v) is 5.29. The summed E-state index contributed by atoms with van der Waals surface area (Å²) >= 11 is 0. The van der Waals surface area contributed by atoms with Crippen LogP contribution in [0, 0.1) is 0 Å². The molecular formula is C13H25NO4. The molecule has 0 aromatic rings. The van der Waals surface area contributed by atoms with Crippen LogP contribution in [0.5, 0.6) is 0 Å². The number of hydrogen-bond donors (Lipinski definition) is 2. The molecule has 5 heteroatoms. The minimum atomic E-state index is -0.737. The van der Waals surface area contributed by atoms with Gasteiger partial charge in [0.05, 0.1) is 24.7 Å². The van der Waals surface area contributed by atoms with Gasteiger partial charge in [-0.1, -0.05) is 12.8 Å². The molecule has 2 N–H and O–H groups in total. The lowest BCUT2D eigenvalue weighted by Crippen LogP contribution is -2.42. The minimum Gasteiger partial charge on any atom is -0.466 e. The maximum atomic E-state index is 11.2. The van der Waals surface area contributed by atoms with Crippen molar-refractivity contribution < 1.29 is 19.7 Å². The highest BCUT2D eigenvalue weighted by Gasteiger charge is 2.32. The van der Waals surface area contributed by atoms with Crippen LogP contribution in [0.15, 0.2) is 0 Å². The molecule has 1 rings (SSSR count). The predicted molar refractivity (Wildman–Crippen MR) is 68.2 cm³/mol. The van der Waals surface area contributed by atoms with Gasteiger partial charge in [0.2, 0.25) is 0 Å². The van der Waals surface area contributed by atoms with Gasteiger partial charge in [-0.05, 0) is 26.8 Å². The van der Waals surface area contributed by atoms with E-state index < -0.39 is 11.7 Å². The van der Waals surface area contributed by atoms with Crippen molar-refractivity contribution in [3.8, 4) is 0 Å². The summed E-state index contributed by atoms with van der Waals surface area (Å²) < 4.78 is 4.78. The Morgan fingerprint density at radius 2 is 2.06 bits per heavy atom. The molecule has 0 bridgehead atoms. The van der Waals surface area contributed by atoms with Crippen molar-refractivity contribution in [3.05, 3.63) is 0 Å². The van der Waals surface area contributed by atoms with Crippen LogP contribution in [0.1, 0.15) is 39.0 Å². The van der Waals surface area contributed by atoms with Gasteiger partial charge >= 0.3 is 5.97 Å². The molecule has 0 saturated heterocycles. The lowest BCUT2D eigenvalue weighted by molar-refractivity contribution is -0.145. The van der Waals surface area contributed by atoms with Crippen molar-refractivity contribution in [2.45, 2.75) is 50.7 Å². The molecule has 0 heterocycles. The first kappa shape index (κ1) is 15.4. The summed E-state index contributed by atoms with van der Waals surface area (Å²) in [6, 6.07) is 0. The van der Waals surface area contributed by atoms with Gasteiger partial charge in [0.1, 0.15) is 0 Å². The van der Waals surface area contributed by atoms with Gasteiger partial charge in [0.25, 0.3) is 0 Å². The highest BCUT2D eigenvalue weighted by atomic mass is 16.5. The summed E-state index contributed by atoms with van der Waals surface area (Å²) in [5.41, 5.74) is -0.613. The molecule has 0 radical (unpaired) electrons. The normalized spacial score (nSPS) is 20.1. The van der Waals surface area contributed by atoms with Gasteiger partial charge in [-0.3, -0.25) is 4.79 Å². The van der Waals surface area contributed by atoms with Crippen molar-refractivity contribution in [2.75, 3.05) is 26.7 Å². The first-order chi connectivity index (χ1) is 8.45. The van der Waals surface area contributed by atoms with Gasteiger partial charge in [-0.15, -0.1) is 0 Å². The Bertz CT molecular complexity index is 264. The SMILES string of the molecule is CCOC(=O)CC(O)CN(C)CC1(O)CCCC1. The molecular weight excluding hydrogens is 234 g/mol. The zero-order chi connectivity index (χ0) is 13.6. The van der Waals surface area contributed by atoms with Crippen molar-refractivity contribution in [1.29, 1.82) is 0 Å². The topological polar surface area (TPSA) is 70.0 Å². The van der Waals surface area contributed by atoms with Crippen molar-refractivity contribution in [2.24, 2.45) is 0 Å². The Morgan fingerprint density at radius 1 is 1.44 bits per heavy atom. The monoisotopic (exact) mass is 259 g/mol. The number of aliphatic hydroxyl groups is 2. The van der Waals surface area contributed by atoms with Crippen LogP contribution in [-0.2, 0) is 9.53 Å². The number of carbonyl (C=O) groups excluding carboxylic acids is 1. The lowest BCUT2D eigenvalue weighted by Gasteiger charge is -2.29. The second kappa shape index (κ2) is 7.07. The van der Waals surface area contributed by atoms with Crippen LogP contribution >= 0.6 is 0 Å². The molecule has 0 amide bonds. The molecule has 18 heavy (non-hydrogen) atoms. The third kappa shape index (κ3) is 5.33. The number of hydrogen-bond acceptors (Lipinski definition) is 5. The van der Waals surface area contributed by atoms with Crippen LogP contribution < -0.4 is 0 Å². The number of carbonyl (C=O) groups is 1. The Hall–Kier alpha value is -0.650. The van der Waals surface area contributed by atoms with Gasteiger partial charge in [0.15, 0.2) is 0 Å². The van der Waals surface area contributed by atoms with E-state index in [1.807, 2.05) is 11.9 Å². The zero-order valence-corrected chi connectivity index (χ0v) is 11.4. The van der Waals surface area contributed by atoms with E-state index in [0.29, 0.717) is 19.7 Å². The highest BCUT2D eigenvalue weighted by molar-refractivity contribution is 5.69. The van der Waals surface area contributed by atoms with Crippen LogP contribution in [0.25, 0.3) is 0 Å². The highest BCUT2D eigenvalue weighted by Crippen LogP contribution is 2.29. The molecule has 106 valence electrons. The molecule has 1 unspecified atom stereocenters. The quantitative estimate of drug-likeness (QED) is 0.653. The lowest BCUT2D eigenvalue weighted by atomic mass is 10.0. The van der Waals surface area contributed by atoms with Gasteiger partial charge in [0, 0.05) is 13.1 Å². The Morgan fingerprint density at radius 3 is 2.61 bits per heavy atom. The molecule has 0 aliphatic heterocycles. The minimum absolute atomic E-state index is 0.0105. The summed E-state index contributed by atoms with van der Waals surface area (Å²) in [5, 5.41) is 20.0. The molecule has 1 aliphatic carbocycles. The van der Waals surface area contributed by atoms with E-state index in [4.69, 9.17) is 4.74 Å². The Balaban J connectivity index is 2.26. The number of nitrogens with zero attached hydrogens (tertiary/aromatic N) is 1. The largest absolute Gasteiger partial charge is 0.466 e. The van der Waals surface area contributed by atoms with Crippen LogP contribution in [0.2, 0.25) is 0 Å². The Labute approximate surface area is 109 Å². The standard InChI is InChI=1S/C13H25NO4/c1-3-18-12(16)8-11(15)9-14(2)10-13(17)6-4-5-7-13/h11,15,17H,3-10H2,1-2H3. The van der Waals surface area contributed by atoms with Crippen LogP contribution in [0.3, 0.4) is 0 Å². The van der Waals surface area contributed by atoms with Crippen molar-refractivity contribution >= 4 is 5.97 Å². The first-order valence-electron chi connectivity index (χ1n) is 6.70. The molecule has 0 spiro atoms. The summed E-state index contributed by atoms with van der Waals surface area (Å²) in [6.07, 6.45) is 3.05. The maximum absolute atomic E-state index is 11.2. The van der Waals surface area contributed by atoms with E-state index in [9.17, 15) is 15.0 Å². The first-order valence-corrected chi connectivity index (χ1v) is 6.70. The number of aliphatic hydroxyl groups excluding tert-OH is 1. The average molecular weight is 259 g/mol. The van der Waals surface area contributed by atoms with Crippen LogP contribution in [0.4, 0.5) is 0 Å². The van der Waals surface area contributed by atoms with E-state index in [0.717, 1.165) is 25.7 Å². The summed E-state index contributed by atoms with van der Waals surface area (Å²) in [5.74, 6) is -0.377. The van der Waals surface area contributed by atoms with Gasteiger partial charge in [-0.2, -0.15) is 0 Å². The van der Waals surface area contributed by atoms with Crippen molar-refractivity contribution in [1.82, 2.24) is 4.90 Å². The van der Waals surface area contributed by atoms with Crippen LogP contribution in [-0.4, -0.2) is 59.5 Å². The molecule has 1 aliphatic rings. The predicted octanol–water partition coefficient (Wildman–Crippen LogP) is 0.537. The summed E-state index contributed by atoms with van der Waals surface area (Å²) in [4.78, 5) is 13.1. The zero-order valence-electron chi connectivity index (χ0n) is 11.4. The molecule has 0 aromatic heterocycles. The fraction of sp³-hybridized carbons (Fsp3) is 0.923. The molecule has 0 aromatic carbocycles. The third-order valence-corrected chi connectivity index (χ3v) is 3.33. The molecule has 1 saturated carbocycles. The summed E-state index contributed by atoms with van der Waals surface area (Å²) in [6.45, 7) is 3.00. The van der Waals surface area contributed by atoms with E-state index in [2.05, 4.69) is 0 Å². The molecule has 5 nitrogen and oxygen atoms in total. The van der Waals surface area contributed by atoms with E-state index in [-0.39, 0.29) is 12.4 Å². The summed E-state index contributed by atoms with van der Waals surface area (Å²) in [7, 11) is 1.85. The van der Waals surface area contributed by atoms with E-state index >= 15 is 0 Å². The fourth-order valence-electron chi connectivity index (χ4n) is 2.59. The molecule has 1 fully saturated rings. The second-order valence-electron chi connectivity index (χ2n) is 5.29. The average Bonchev–Trinajstić information content (AvgIpc) is 2.63. The molecule has 1 atom stereocenters. The van der Waals surface area contributed by atoms with Gasteiger partial charge < -0.3 is 19.8 Å². The third-order valence-electron chi connectivity index (χ3n) is 3.33.